The topological polar surface area (TPSA) is 102 Å². The number of aromatic nitrogens is 2. The first-order valence-electron chi connectivity index (χ1n) is 9.87. The van der Waals surface area contributed by atoms with Crippen LogP contribution in [-0.4, -0.2) is 46.8 Å². The Hall–Kier alpha value is -3.94. The fourth-order valence-electron chi connectivity index (χ4n) is 2.86. The van der Waals surface area contributed by atoms with Gasteiger partial charge in [0.05, 0.1) is 12.2 Å². The number of nitrogens with zero attached hydrogens (tertiary/aromatic N) is 2. The van der Waals surface area contributed by atoms with Crippen molar-refractivity contribution in [3.63, 3.8) is 0 Å². The van der Waals surface area contributed by atoms with Gasteiger partial charge in [-0.3, -0.25) is 9.59 Å². The first-order valence-corrected chi connectivity index (χ1v) is 9.87. The lowest BCUT2D eigenvalue weighted by molar-refractivity contribution is -0.128. The number of carbonyl (C=O) groups excluding carboxylic acids is 3. The summed E-state index contributed by atoms with van der Waals surface area (Å²) in [5, 5.41) is 9.63. The highest BCUT2D eigenvalue weighted by Crippen LogP contribution is 2.24. The van der Waals surface area contributed by atoms with E-state index in [1.54, 1.807) is 10.9 Å². The lowest BCUT2D eigenvalue weighted by atomic mass is 10.1. The molecule has 0 aliphatic carbocycles. The number of nitrogens with one attached hydrogen (secondary N) is 2. The summed E-state index contributed by atoms with van der Waals surface area (Å²) in [4.78, 5) is 36.3. The molecule has 2 aromatic carbocycles. The van der Waals surface area contributed by atoms with Gasteiger partial charge in [-0.05, 0) is 26.0 Å². The summed E-state index contributed by atoms with van der Waals surface area (Å²) in [5.41, 5.74) is 2.22. The quantitative estimate of drug-likeness (QED) is 0.545. The fourth-order valence-corrected chi connectivity index (χ4v) is 2.86. The molecule has 0 unspecified atom stereocenters. The lowest BCUT2D eigenvalue weighted by Gasteiger charge is -2.09. The van der Waals surface area contributed by atoms with Crippen molar-refractivity contribution >= 4 is 17.8 Å². The van der Waals surface area contributed by atoms with E-state index in [0.29, 0.717) is 5.69 Å². The third-order valence-electron chi connectivity index (χ3n) is 4.23. The summed E-state index contributed by atoms with van der Waals surface area (Å²) in [7, 11) is 0. The average molecular weight is 420 g/mol. The summed E-state index contributed by atoms with van der Waals surface area (Å²) in [6, 6.07) is 18.6. The highest BCUT2D eigenvalue weighted by molar-refractivity contribution is 5.97. The minimum atomic E-state index is -0.678. The predicted molar refractivity (Wildman–Crippen MR) is 116 cm³/mol. The van der Waals surface area contributed by atoms with Crippen molar-refractivity contribution in [2.75, 3.05) is 13.2 Å². The molecule has 0 bridgehead atoms. The zero-order valence-electron chi connectivity index (χ0n) is 17.4. The molecule has 0 aliphatic heterocycles. The molecule has 0 radical (unpaired) electrons. The highest BCUT2D eigenvalue weighted by Gasteiger charge is 2.21. The Kier molecular flexibility index (Phi) is 7.16. The van der Waals surface area contributed by atoms with Gasteiger partial charge in [-0.1, -0.05) is 48.5 Å². The van der Waals surface area contributed by atoms with Crippen LogP contribution in [-0.2, 0) is 14.3 Å². The van der Waals surface area contributed by atoms with E-state index in [1.807, 2.05) is 74.5 Å². The molecule has 2 N–H and O–H groups in total. The van der Waals surface area contributed by atoms with Crippen LogP contribution in [0.4, 0.5) is 0 Å². The average Bonchev–Trinajstić information content (AvgIpc) is 3.22. The summed E-state index contributed by atoms with van der Waals surface area (Å²) in [5.74, 6) is -1.56. The molecule has 0 atom stereocenters. The molecule has 0 aliphatic rings. The van der Waals surface area contributed by atoms with Crippen LogP contribution < -0.4 is 10.6 Å². The number of hydrogen-bond acceptors (Lipinski definition) is 5. The van der Waals surface area contributed by atoms with Gasteiger partial charge in [0.1, 0.15) is 11.3 Å². The molecular formula is C23H24N4O4. The highest BCUT2D eigenvalue weighted by atomic mass is 16.5. The monoisotopic (exact) mass is 420 g/mol. The van der Waals surface area contributed by atoms with Crippen molar-refractivity contribution in [3.8, 4) is 16.9 Å². The van der Waals surface area contributed by atoms with Gasteiger partial charge in [-0.25, -0.2) is 9.48 Å². The molecule has 1 aromatic heterocycles. The van der Waals surface area contributed by atoms with E-state index in [9.17, 15) is 14.4 Å². The number of amides is 2. The fraction of sp³-hybridized carbons (Fsp3) is 0.217. The van der Waals surface area contributed by atoms with Crippen LogP contribution >= 0.6 is 0 Å². The third-order valence-corrected chi connectivity index (χ3v) is 4.23. The number of ether oxygens (including phenoxy) is 1. The Labute approximate surface area is 180 Å². The number of benzene rings is 2. The van der Waals surface area contributed by atoms with Crippen molar-refractivity contribution in [2.45, 2.75) is 19.9 Å². The van der Waals surface area contributed by atoms with Crippen molar-refractivity contribution in [3.05, 3.63) is 72.4 Å². The van der Waals surface area contributed by atoms with Crippen molar-refractivity contribution in [2.24, 2.45) is 0 Å². The maximum Gasteiger partial charge on any atom is 0.342 e. The standard InChI is InChI=1S/C23H24N4O4/c1-16(2)25-20(28)13-24-21(29)15-31-23(30)19-14-27(18-11-7-4-8-12-18)26-22(19)17-9-5-3-6-10-17/h3-12,14,16H,13,15H2,1-2H3,(H,24,29)(H,25,28). The predicted octanol–water partition coefficient (Wildman–Crippen LogP) is 2.34. The largest absolute Gasteiger partial charge is 0.452 e. The molecule has 3 rings (SSSR count). The lowest BCUT2D eigenvalue weighted by Crippen LogP contribution is -2.41. The van der Waals surface area contributed by atoms with Crippen LogP contribution in [0.25, 0.3) is 16.9 Å². The van der Waals surface area contributed by atoms with E-state index in [0.717, 1.165) is 11.3 Å². The Morgan fingerprint density at radius 2 is 1.61 bits per heavy atom. The van der Waals surface area contributed by atoms with Gasteiger partial charge < -0.3 is 15.4 Å². The SMILES string of the molecule is CC(C)NC(=O)CNC(=O)COC(=O)c1cn(-c2ccccc2)nc1-c1ccccc1. The second-order valence-corrected chi connectivity index (χ2v) is 7.11. The molecule has 8 heteroatoms. The Morgan fingerprint density at radius 3 is 2.26 bits per heavy atom. The summed E-state index contributed by atoms with van der Waals surface area (Å²) in [6.45, 7) is 2.96. The molecule has 0 spiro atoms. The zero-order valence-corrected chi connectivity index (χ0v) is 17.4. The molecule has 0 fully saturated rings. The van der Waals surface area contributed by atoms with E-state index in [1.165, 1.54) is 0 Å². The van der Waals surface area contributed by atoms with Crippen molar-refractivity contribution in [1.29, 1.82) is 0 Å². The van der Waals surface area contributed by atoms with Gasteiger partial charge in [0.25, 0.3) is 5.91 Å². The van der Waals surface area contributed by atoms with E-state index in [4.69, 9.17) is 4.74 Å². The maximum atomic E-state index is 12.7. The van der Waals surface area contributed by atoms with Crippen LogP contribution in [0.5, 0.6) is 0 Å². The van der Waals surface area contributed by atoms with Gasteiger partial charge in [0, 0.05) is 17.8 Å². The molecule has 160 valence electrons. The molecular weight excluding hydrogens is 396 g/mol. The van der Waals surface area contributed by atoms with Gasteiger partial charge >= 0.3 is 5.97 Å². The van der Waals surface area contributed by atoms with E-state index < -0.39 is 18.5 Å². The Bertz CT molecular complexity index is 1050. The minimum Gasteiger partial charge on any atom is -0.452 e. The molecule has 0 saturated carbocycles. The zero-order chi connectivity index (χ0) is 22.2. The van der Waals surface area contributed by atoms with E-state index in [-0.39, 0.29) is 24.1 Å². The summed E-state index contributed by atoms with van der Waals surface area (Å²) < 4.78 is 6.77. The number of para-hydroxylation sites is 1. The minimum absolute atomic E-state index is 0.0280. The smallest absolute Gasteiger partial charge is 0.342 e. The van der Waals surface area contributed by atoms with Gasteiger partial charge in [-0.15, -0.1) is 0 Å². The molecule has 3 aromatic rings. The first-order chi connectivity index (χ1) is 14.9. The maximum absolute atomic E-state index is 12.7. The Morgan fingerprint density at radius 1 is 0.968 bits per heavy atom. The molecule has 8 nitrogen and oxygen atoms in total. The third kappa shape index (κ3) is 6.02. The van der Waals surface area contributed by atoms with Gasteiger partial charge in [0.2, 0.25) is 5.91 Å². The van der Waals surface area contributed by atoms with Crippen LogP contribution in [0.1, 0.15) is 24.2 Å². The van der Waals surface area contributed by atoms with Crippen LogP contribution in [0.3, 0.4) is 0 Å². The molecule has 0 saturated heterocycles. The van der Waals surface area contributed by atoms with Crippen molar-refractivity contribution in [1.82, 2.24) is 20.4 Å². The summed E-state index contributed by atoms with van der Waals surface area (Å²) in [6.07, 6.45) is 1.58. The van der Waals surface area contributed by atoms with Gasteiger partial charge in [0.15, 0.2) is 6.61 Å². The number of rotatable bonds is 8. The summed E-state index contributed by atoms with van der Waals surface area (Å²) >= 11 is 0. The number of hydrogen-bond donors (Lipinski definition) is 2. The number of esters is 1. The van der Waals surface area contributed by atoms with Crippen LogP contribution in [0.15, 0.2) is 66.9 Å². The van der Waals surface area contributed by atoms with Crippen LogP contribution in [0, 0.1) is 0 Å². The van der Waals surface area contributed by atoms with E-state index in [2.05, 4.69) is 15.7 Å². The second-order valence-electron chi connectivity index (χ2n) is 7.11. The second kappa shape index (κ2) is 10.2. The molecule has 31 heavy (non-hydrogen) atoms. The normalized spacial score (nSPS) is 10.5. The van der Waals surface area contributed by atoms with Crippen LogP contribution in [0.2, 0.25) is 0 Å². The molecule has 2 amide bonds. The Balaban J connectivity index is 1.72. The number of carbonyl (C=O) groups is 3. The molecule has 1 heterocycles. The van der Waals surface area contributed by atoms with E-state index >= 15 is 0 Å². The van der Waals surface area contributed by atoms with Crippen molar-refractivity contribution < 1.29 is 19.1 Å². The van der Waals surface area contributed by atoms with Gasteiger partial charge in [-0.2, -0.15) is 5.10 Å². The first kappa shape index (κ1) is 21.8.